The molecule has 0 saturated heterocycles. The molecule has 0 spiro atoms. The summed E-state index contributed by atoms with van der Waals surface area (Å²) < 4.78 is 7.01. The number of rotatable bonds is 4. The number of benzene rings is 1. The van der Waals surface area contributed by atoms with E-state index in [4.69, 9.17) is 4.42 Å². The highest BCUT2D eigenvalue weighted by Gasteiger charge is 2.13. The molecule has 20 heavy (non-hydrogen) atoms. The van der Waals surface area contributed by atoms with E-state index >= 15 is 0 Å². The molecule has 0 aliphatic heterocycles. The van der Waals surface area contributed by atoms with Crippen LogP contribution in [0, 0.1) is 0 Å². The second kappa shape index (κ2) is 6.59. The number of hydrogen-bond acceptors (Lipinski definition) is 2. The van der Waals surface area contributed by atoms with Crippen molar-refractivity contribution < 1.29 is 4.42 Å². The Morgan fingerprint density at radius 2 is 1.75 bits per heavy atom. The number of halogens is 1. The molecule has 1 aliphatic carbocycles. The number of nitrogens with one attached hydrogen (secondary N) is 1. The lowest BCUT2D eigenvalue weighted by Crippen LogP contribution is -2.30. The first-order chi connectivity index (χ1) is 9.81. The summed E-state index contributed by atoms with van der Waals surface area (Å²) in [6.07, 6.45) is 6.73. The van der Waals surface area contributed by atoms with Crippen molar-refractivity contribution >= 4 is 15.9 Å². The quantitative estimate of drug-likeness (QED) is 0.838. The van der Waals surface area contributed by atoms with Crippen LogP contribution in [-0.4, -0.2) is 6.04 Å². The van der Waals surface area contributed by atoms with E-state index in [9.17, 15) is 0 Å². The Morgan fingerprint density at radius 1 is 1.00 bits per heavy atom. The SMILES string of the molecule is Brc1ccc(-c2ccc(CNC3CCCCC3)o2)cc1. The molecule has 0 bridgehead atoms. The van der Waals surface area contributed by atoms with Crippen LogP contribution in [0.1, 0.15) is 37.9 Å². The van der Waals surface area contributed by atoms with Crippen molar-refractivity contribution in [3.8, 4) is 11.3 Å². The van der Waals surface area contributed by atoms with Crippen molar-refractivity contribution in [2.75, 3.05) is 0 Å². The molecule has 3 heteroatoms. The van der Waals surface area contributed by atoms with Gasteiger partial charge in [-0.15, -0.1) is 0 Å². The van der Waals surface area contributed by atoms with Crippen LogP contribution in [0.2, 0.25) is 0 Å². The lowest BCUT2D eigenvalue weighted by molar-refractivity contribution is 0.358. The summed E-state index contributed by atoms with van der Waals surface area (Å²) >= 11 is 3.45. The normalized spacial score (nSPS) is 16.4. The van der Waals surface area contributed by atoms with Gasteiger partial charge in [0.25, 0.3) is 0 Å². The summed E-state index contributed by atoms with van der Waals surface area (Å²) in [5.74, 6) is 1.96. The highest BCUT2D eigenvalue weighted by atomic mass is 79.9. The van der Waals surface area contributed by atoms with E-state index in [1.54, 1.807) is 0 Å². The molecule has 0 radical (unpaired) electrons. The van der Waals surface area contributed by atoms with Gasteiger partial charge in [0.2, 0.25) is 0 Å². The van der Waals surface area contributed by atoms with Crippen LogP contribution in [0.3, 0.4) is 0 Å². The fraction of sp³-hybridized carbons (Fsp3) is 0.412. The van der Waals surface area contributed by atoms with Crippen molar-refractivity contribution in [3.05, 3.63) is 46.6 Å². The van der Waals surface area contributed by atoms with Gasteiger partial charge < -0.3 is 9.73 Å². The van der Waals surface area contributed by atoms with Crippen LogP contribution in [0.4, 0.5) is 0 Å². The van der Waals surface area contributed by atoms with Crippen LogP contribution in [-0.2, 0) is 6.54 Å². The third kappa shape index (κ3) is 3.53. The van der Waals surface area contributed by atoms with E-state index in [1.807, 2.05) is 12.1 Å². The standard InChI is InChI=1S/C17H20BrNO/c18-14-8-6-13(7-9-14)17-11-10-16(20-17)12-19-15-4-2-1-3-5-15/h6-11,15,19H,1-5,12H2. The van der Waals surface area contributed by atoms with Crippen molar-refractivity contribution in [3.63, 3.8) is 0 Å². The summed E-state index contributed by atoms with van der Waals surface area (Å²) in [7, 11) is 0. The fourth-order valence-electron chi connectivity index (χ4n) is 2.79. The molecule has 0 atom stereocenters. The maximum atomic E-state index is 5.92. The molecule has 1 N–H and O–H groups in total. The minimum atomic E-state index is 0.671. The molecule has 0 unspecified atom stereocenters. The molecule has 0 amide bonds. The van der Waals surface area contributed by atoms with E-state index in [0.29, 0.717) is 6.04 Å². The maximum absolute atomic E-state index is 5.92. The number of furan rings is 1. The molecule has 2 nitrogen and oxygen atoms in total. The third-order valence-electron chi connectivity index (χ3n) is 3.96. The van der Waals surface area contributed by atoms with E-state index in [-0.39, 0.29) is 0 Å². The van der Waals surface area contributed by atoms with Crippen molar-refractivity contribution in [2.45, 2.75) is 44.7 Å². The van der Waals surface area contributed by atoms with Gasteiger partial charge >= 0.3 is 0 Å². The second-order valence-corrected chi connectivity index (χ2v) is 6.40. The van der Waals surface area contributed by atoms with Gasteiger partial charge in [-0.3, -0.25) is 0 Å². The van der Waals surface area contributed by atoms with Gasteiger partial charge in [-0.2, -0.15) is 0 Å². The van der Waals surface area contributed by atoms with Gasteiger partial charge in [-0.25, -0.2) is 0 Å². The average Bonchev–Trinajstić information content (AvgIpc) is 2.96. The van der Waals surface area contributed by atoms with E-state index in [2.05, 4.69) is 45.5 Å². The van der Waals surface area contributed by atoms with Gasteiger partial charge in [0.05, 0.1) is 6.54 Å². The molecule has 1 aromatic carbocycles. The lowest BCUT2D eigenvalue weighted by atomic mass is 9.95. The zero-order valence-corrected chi connectivity index (χ0v) is 13.2. The highest BCUT2D eigenvalue weighted by molar-refractivity contribution is 9.10. The Morgan fingerprint density at radius 3 is 2.50 bits per heavy atom. The Labute approximate surface area is 128 Å². The monoisotopic (exact) mass is 333 g/mol. The van der Waals surface area contributed by atoms with Crippen LogP contribution in [0.5, 0.6) is 0 Å². The predicted molar refractivity (Wildman–Crippen MR) is 85.6 cm³/mol. The summed E-state index contributed by atoms with van der Waals surface area (Å²) in [6, 6.07) is 13.0. The first-order valence-corrected chi connectivity index (χ1v) is 8.18. The van der Waals surface area contributed by atoms with Gasteiger partial charge in [0, 0.05) is 16.1 Å². The van der Waals surface area contributed by atoms with Crippen LogP contribution in [0.15, 0.2) is 45.3 Å². The van der Waals surface area contributed by atoms with Crippen molar-refractivity contribution in [2.24, 2.45) is 0 Å². The van der Waals surface area contributed by atoms with Crippen molar-refractivity contribution in [1.29, 1.82) is 0 Å². The maximum Gasteiger partial charge on any atom is 0.134 e. The largest absolute Gasteiger partial charge is 0.460 e. The minimum absolute atomic E-state index is 0.671. The summed E-state index contributed by atoms with van der Waals surface area (Å²) in [4.78, 5) is 0. The van der Waals surface area contributed by atoms with Crippen molar-refractivity contribution in [1.82, 2.24) is 5.32 Å². The smallest absolute Gasteiger partial charge is 0.134 e. The van der Waals surface area contributed by atoms with E-state index in [0.717, 1.165) is 28.1 Å². The number of hydrogen-bond donors (Lipinski definition) is 1. The summed E-state index contributed by atoms with van der Waals surface area (Å²) in [5, 5.41) is 3.61. The molecule has 1 aromatic heterocycles. The third-order valence-corrected chi connectivity index (χ3v) is 4.49. The van der Waals surface area contributed by atoms with E-state index < -0.39 is 0 Å². The molecule has 1 aliphatic rings. The summed E-state index contributed by atoms with van der Waals surface area (Å²) in [6.45, 7) is 0.835. The first-order valence-electron chi connectivity index (χ1n) is 7.39. The van der Waals surface area contributed by atoms with Gasteiger partial charge in [-0.1, -0.05) is 47.3 Å². The van der Waals surface area contributed by atoms with Crippen LogP contribution in [0.25, 0.3) is 11.3 Å². The molecule has 106 valence electrons. The average molecular weight is 334 g/mol. The zero-order valence-electron chi connectivity index (χ0n) is 11.6. The molecular weight excluding hydrogens is 314 g/mol. The van der Waals surface area contributed by atoms with Gasteiger partial charge in [0.1, 0.15) is 11.5 Å². The Bertz CT molecular complexity index is 540. The Hall–Kier alpha value is -1.06. The second-order valence-electron chi connectivity index (χ2n) is 5.49. The topological polar surface area (TPSA) is 25.2 Å². The first kappa shape index (κ1) is 13.9. The van der Waals surface area contributed by atoms with E-state index in [1.165, 1.54) is 32.1 Å². The lowest BCUT2D eigenvalue weighted by Gasteiger charge is -2.22. The molecule has 3 rings (SSSR count). The minimum Gasteiger partial charge on any atom is -0.460 e. The molecule has 1 heterocycles. The molecule has 1 fully saturated rings. The molecular formula is C17H20BrNO. The van der Waals surface area contributed by atoms with Crippen LogP contribution >= 0.6 is 15.9 Å². The molecule has 1 saturated carbocycles. The molecule has 2 aromatic rings. The highest BCUT2D eigenvalue weighted by Crippen LogP contribution is 2.24. The van der Waals surface area contributed by atoms with Gasteiger partial charge in [-0.05, 0) is 37.1 Å². The Kier molecular flexibility index (Phi) is 4.58. The predicted octanol–water partition coefficient (Wildman–Crippen LogP) is 5.13. The zero-order chi connectivity index (χ0) is 13.8. The fourth-order valence-corrected chi connectivity index (χ4v) is 3.06. The summed E-state index contributed by atoms with van der Waals surface area (Å²) in [5.41, 5.74) is 1.12. The van der Waals surface area contributed by atoms with Crippen LogP contribution < -0.4 is 5.32 Å². The Balaban J connectivity index is 1.60. The van der Waals surface area contributed by atoms with Gasteiger partial charge in [0.15, 0.2) is 0 Å².